The second-order valence-electron chi connectivity index (χ2n) is 6.57. The lowest BCUT2D eigenvalue weighted by Crippen LogP contribution is -2.36. The number of benzene rings is 1. The first-order valence-corrected chi connectivity index (χ1v) is 8.66. The molecule has 0 saturated carbocycles. The van der Waals surface area contributed by atoms with Crippen molar-refractivity contribution in [1.82, 2.24) is 14.9 Å². The summed E-state index contributed by atoms with van der Waals surface area (Å²) in [5, 5.41) is 9.05. The summed E-state index contributed by atoms with van der Waals surface area (Å²) in [5.74, 6) is 0.244. The molecule has 4 rings (SSSR count). The average Bonchev–Trinajstić information content (AvgIpc) is 3.11. The molecule has 0 unspecified atom stereocenters. The summed E-state index contributed by atoms with van der Waals surface area (Å²) in [4.78, 5) is 32.5. The van der Waals surface area contributed by atoms with Crippen LogP contribution in [0.2, 0.25) is 0 Å². The fraction of sp³-hybridized carbons (Fsp3) is 0.263. The third-order valence-electron chi connectivity index (χ3n) is 4.86. The van der Waals surface area contributed by atoms with E-state index in [4.69, 9.17) is 15.3 Å². The molecule has 27 heavy (non-hydrogen) atoms. The number of hydrogen-bond donors (Lipinski definition) is 2. The highest BCUT2D eigenvalue weighted by Gasteiger charge is 2.26. The van der Waals surface area contributed by atoms with Gasteiger partial charge in [-0.2, -0.15) is 0 Å². The van der Waals surface area contributed by atoms with Gasteiger partial charge in [-0.3, -0.25) is 9.78 Å². The third kappa shape index (κ3) is 3.33. The normalized spacial score (nSPS) is 15.2. The van der Waals surface area contributed by atoms with Crippen molar-refractivity contribution in [3.8, 4) is 11.3 Å². The third-order valence-corrected chi connectivity index (χ3v) is 4.86. The molecule has 1 aliphatic rings. The largest absolute Gasteiger partial charge is 0.465 e. The number of nitrogens with two attached hydrogens (primary N) is 1. The topological polar surface area (TPSA) is 123 Å². The molecule has 8 nitrogen and oxygen atoms in total. The fourth-order valence-corrected chi connectivity index (χ4v) is 3.31. The van der Waals surface area contributed by atoms with Gasteiger partial charge in [0.15, 0.2) is 11.5 Å². The zero-order valence-electron chi connectivity index (χ0n) is 14.5. The van der Waals surface area contributed by atoms with Crippen LogP contribution >= 0.6 is 0 Å². The Labute approximate surface area is 154 Å². The van der Waals surface area contributed by atoms with Crippen LogP contribution < -0.4 is 5.73 Å². The minimum Gasteiger partial charge on any atom is -0.465 e. The molecule has 0 bridgehead atoms. The molecule has 2 aromatic heterocycles. The van der Waals surface area contributed by atoms with Crippen LogP contribution in [-0.2, 0) is 0 Å². The Morgan fingerprint density at radius 1 is 1.19 bits per heavy atom. The van der Waals surface area contributed by atoms with Gasteiger partial charge in [-0.25, -0.2) is 9.78 Å². The molecule has 1 aromatic carbocycles. The predicted octanol–water partition coefficient (Wildman–Crippen LogP) is 2.85. The molecule has 3 aromatic rings. The summed E-state index contributed by atoms with van der Waals surface area (Å²) >= 11 is 0. The maximum Gasteiger partial charge on any atom is 0.407 e. The standard InChI is InChI=1S/C19H18N4O4/c20-17(24)13-1-3-14(21-10-13)12-2-4-16-15(9-12)22-18(27-16)11-5-7-23(8-6-11)19(25)26/h1-4,9-11H,5-8H2,(H2,20,24)(H,25,26). The van der Waals surface area contributed by atoms with Crippen LogP contribution in [0.25, 0.3) is 22.4 Å². The number of nitrogens with zero attached hydrogens (tertiary/aromatic N) is 3. The summed E-state index contributed by atoms with van der Waals surface area (Å²) in [5.41, 5.74) is 8.58. The van der Waals surface area contributed by atoms with Gasteiger partial charge in [0.25, 0.3) is 0 Å². The van der Waals surface area contributed by atoms with Gasteiger partial charge in [-0.05, 0) is 43.2 Å². The quantitative estimate of drug-likeness (QED) is 0.735. The number of carbonyl (C=O) groups excluding carboxylic acids is 1. The van der Waals surface area contributed by atoms with E-state index in [2.05, 4.69) is 9.97 Å². The summed E-state index contributed by atoms with van der Waals surface area (Å²) < 4.78 is 5.89. The van der Waals surface area contributed by atoms with E-state index in [9.17, 15) is 9.59 Å². The first-order chi connectivity index (χ1) is 13.0. The van der Waals surface area contributed by atoms with E-state index in [-0.39, 0.29) is 5.92 Å². The highest BCUT2D eigenvalue weighted by atomic mass is 16.4. The number of fused-ring (bicyclic) bond motifs is 1. The smallest absolute Gasteiger partial charge is 0.407 e. The maximum atomic E-state index is 11.2. The molecule has 1 aliphatic heterocycles. The van der Waals surface area contributed by atoms with Crippen molar-refractivity contribution in [3.63, 3.8) is 0 Å². The Hall–Kier alpha value is -3.42. The van der Waals surface area contributed by atoms with Crippen LogP contribution in [0.3, 0.4) is 0 Å². The second kappa shape index (κ2) is 6.71. The number of aromatic nitrogens is 2. The molecule has 3 heterocycles. The Morgan fingerprint density at radius 3 is 2.59 bits per heavy atom. The van der Waals surface area contributed by atoms with E-state index in [0.717, 1.165) is 11.1 Å². The predicted molar refractivity (Wildman–Crippen MR) is 97.3 cm³/mol. The average molecular weight is 366 g/mol. The van der Waals surface area contributed by atoms with Gasteiger partial charge in [0.1, 0.15) is 5.52 Å². The van der Waals surface area contributed by atoms with E-state index in [1.807, 2.05) is 18.2 Å². The van der Waals surface area contributed by atoms with Gasteiger partial charge in [0.05, 0.1) is 11.3 Å². The number of rotatable bonds is 3. The lowest BCUT2D eigenvalue weighted by molar-refractivity contribution is 0.0999. The Bertz CT molecular complexity index is 1000. The first kappa shape index (κ1) is 17.0. The van der Waals surface area contributed by atoms with E-state index in [1.165, 1.54) is 11.1 Å². The molecule has 1 saturated heterocycles. The lowest BCUT2D eigenvalue weighted by atomic mass is 9.97. The van der Waals surface area contributed by atoms with Crippen molar-refractivity contribution >= 4 is 23.1 Å². The minimum absolute atomic E-state index is 0.115. The monoisotopic (exact) mass is 366 g/mol. The molecule has 0 atom stereocenters. The van der Waals surface area contributed by atoms with Gasteiger partial charge in [-0.15, -0.1) is 0 Å². The van der Waals surface area contributed by atoms with Crippen molar-refractivity contribution in [1.29, 1.82) is 0 Å². The fourth-order valence-electron chi connectivity index (χ4n) is 3.31. The molecule has 2 amide bonds. The van der Waals surface area contributed by atoms with Crippen LogP contribution in [0, 0.1) is 0 Å². The number of likely N-dealkylation sites (tertiary alicyclic amines) is 1. The van der Waals surface area contributed by atoms with Gasteiger partial charge < -0.3 is 20.2 Å². The lowest BCUT2D eigenvalue weighted by Gasteiger charge is -2.28. The molecular formula is C19H18N4O4. The molecule has 1 fully saturated rings. The zero-order chi connectivity index (χ0) is 19.0. The molecule has 0 spiro atoms. The molecule has 3 N–H and O–H groups in total. The minimum atomic E-state index is -0.884. The summed E-state index contributed by atoms with van der Waals surface area (Å²) in [6.45, 7) is 0.972. The number of oxazole rings is 1. The van der Waals surface area contributed by atoms with Crippen molar-refractivity contribution < 1.29 is 19.1 Å². The SMILES string of the molecule is NC(=O)c1ccc(-c2ccc3oc(C4CCN(C(=O)O)CC4)nc3c2)nc1. The van der Waals surface area contributed by atoms with Gasteiger partial charge >= 0.3 is 6.09 Å². The van der Waals surface area contributed by atoms with Crippen molar-refractivity contribution in [3.05, 3.63) is 48.0 Å². The van der Waals surface area contributed by atoms with Gasteiger partial charge in [-0.1, -0.05) is 0 Å². The van der Waals surface area contributed by atoms with Crippen LogP contribution in [0.1, 0.15) is 35.0 Å². The Balaban J connectivity index is 1.57. The van der Waals surface area contributed by atoms with Gasteiger partial charge in [0.2, 0.25) is 5.91 Å². The van der Waals surface area contributed by atoms with Crippen LogP contribution in [0.15, 0.2) is 40.9 Å². The molecule has 0 radical (unpaired) electrons. The van der Waals surface area contributed by atoms with Crippen molar-refractivity contribution in [2.75, 3.05) is 13.1 Å². The number of amides is 2. The summed E-state index contributed by atoms with van der Waals surface area (Å²) in [6, 6.07) is 9.00. The van der Waals surface area contributed by atoms with E-state index in [0.29, 0.717) is 48.7 Å². The second-order valence-corrected chi connectivity index (χ2v) is 6.57. The number of carbonyl (C=O) groups is 2. The number of hydrogen-bond acceptors (Lipinski definition) is 5. The first-order valence-electron chi connectivity index (χ1n) is 8.66. The highest BCUT2D eigenvalue weighted by molar-refractivity contribution is 5.92. The van der Waals surface area contributed by atoms with Crippen LogP contribution in [0.5, 0.6) is 0 Å². The molecule has 0 aliphatic carbocycles. The van der Waals surface area contributed by atoms with Crippen LogP contribution in [-0.4, -0.2) is 45.1 Å². The number of carboxylic acid groups (broad SMARTS) is 1. The highest BCUT2D eigenvalue weighted by Crippen LogP contribution is 2.31. The van der Waals surface area contributed by atoms with E-state index < -0.39 is 12.0 Å². The van der Waals surface area contributed by atoms with Crippen LogP contribution in [0.4, 0.5) is 4.79 Å². The van der Waals surface area contributed by atoms with E-state index in [1.54, 1.807) is 12.1 Å². The van der Waals surface area contributed by atoms with Crippen molar-refractivity contribution in [2.24, 2.45) is 5.73 Å². The van der Waals surface area contributed by atoms with Crippen molar-refractivity contribution in [2.45, 2.75) is 18.8 Å². The number of piperidine rings is 1. The maximum absolute atomic E-state index is 11.2. The molecule has 8 heteroatoms. The summed E-state index contributed by atoms with van der Waals surface area (Å²) in [7, 11) is 0. The zero-order valence-corrected chi connectivity index (χ0v) is 14.5. The Morgan fingerprint density at radius 2 is 1.96 bits per heavy atom. The van der Waals surface area contributed by atoms with E-state index >= 15 is 0 Å². The summed E-state index contributed by atoms with van der Waals surface area (Å²) in [6.07, 6.45) is 1.96. The Kier molecular flexibility index (Phi) is 4.23. The van der Waals surface area contributed by atoms with Gasteiger partial charge in [0, 0.05) is 30.8 Å². The number of primary amides is 1. The number of pyridine rings is 1. The molecule has 138 valence electrons. The molecular weight excluding hydrogens is 348 g/mol.